The lowest BCUT2D eigenvalue weighted by molar-refractivity contribution is 0.166. The van der Waals surface area contributed by atoms with Crippen LogP contribution >= 0.6 is 0 Å². The summed E-state index contributed by atoms with van der Waals surface area (Å²) in [4.78, 5) is 2.67. The van der Waals surface area contributed by atoms with E-state index >= 15 is 0 Å². The molecule has 0 aliphatic heterocycles. The Kier molecular flexibility index (Phi) is 6.61. The molecule has 3 heteroatoms. The van der Waals surface area contributed by atoms with Crippen molar-refractivity contribution in [3.8, 4) is 0 Å². The van der Waals surface area contributed by atoms with Gasteiger partial charge in [-0.15, -0.1) is 0 Å². The third-order valence-electron chi connectivity index (χ3n) is 4.04. The van der Waals surface area contributed by atoms with E-state index in [-0.39, 0.29) is 12.1 Å². The highest BCUT2D eigenvalue weighted by Gasteiger charge is 2.28. The number of likely N-dealkylation sites (N-methyl/N-ethyl adjacent to an activating group) is 1. The van der Waals surface area contributed by atoms with Gasteiger partial charge in [0, 0.05) is 18.1 Å². The topological polar surface area (TPSA) is 35.5 Å². The van der Waals surface area contributed by atoms with Crippen LogP contribution in [0.4, 0.5) is 0 Å². The molecule has 0 heterocycles. The zero-order valence-corrected chi connectivity index (χ0v) is 12.7. The molecule has 0 aromatic carbocycles. The Labute approximate surface area is 113 Å². The summed E-state index contributed by atoms with van der Waals surface area (Å²) in [6.07, 6.45) is 6.30. The maximum atomic E-state index is 9.34. The summed E-state index contributed by atoms with van der Waals surface area (Å²) < 4.78 is 0. The van der Waals surface area contributed by atoms with E-state index in [1.54, 1.807) is 0 Å². The molecular formula is C15H32N2O. The largest absolute Gasteiger partial charge is 0.394 e. The third-order valence-corrected chi connectivity index (χ3v) is 4.04. The van der Waals surface area contributed by atoms with Crippen molar-refractivity contribution < 1.29 is 5.11 Å². The van der Waals surface area contributed by atoms with Crippen molar-refractivity contribution in [3.05, 3.63) is 0 Å². The molecule has 18 heavy (non-hydrogen) atoms. The van der Waals surface area contributed by atoms with Crippen molar-refractivity contribution in [2.75, 3.05) is 26.7 Å². The molecule has 0 saturated heterocycles. The second kappa shape index (κ2) is 7.46. The highest BCUT2D eigenvalue weighted by molar-refractivity contribution is 4.85. The molecule has 0 aromatic rings. The molecule has 1 aliphatic carbocycles. The average Bonchev–Trinajstić information content (AvgIpc) is 3.16. The van der Waals surface area contributed by atoms with Crippen LogP contribution in [0.1, 0.15) is 52.9 Å². The molecule has 1 rings (SSSR count). The van der Waals surface area contributed by atoms with E-state index in [0.717, 1.165) is 18.4 Å². The van der Waals surface area contributed by atoms with Crippen LogP contribution in [0.15, 0.2) is 0 Å². The van der Waals surface area contributed by atoms with Gasteiger partial charge in [-0.05, 0) is 52.1 Å². The summed E-state index contributed by atoms with van der Waals surface area (Å²) in [6.45, 7) is 9.40. The molecule has 1 saturated carbocycles. The summed E-state index contributed by atoms with van der Waals surface area (Å²) in [5.41, 5.74) is -0.0948. The lowest BCUT2D eigenvalue weighted by atomic mass is 9.96. The second-order valence-electron chi connectivity index (χ2n) is 6.55. The number of aliphatic hydroxyl groups excluding tert-OH is 1. The minimum atomic E-state index is -0.0948. The zero-order chi connectivity index (χ0) is 13.6. The molecule has 1 aliphatic rings. The Hall–Kier alpha value is -0.120. The fourth-order valence-electron chi connectivity index (χ4n) is 2.44. The molecule has 0 spiro atoms. The first kappa shape index (κ1) is 15.9. The number of rotatable bonds is 10. The summed E-state index contributed by atoms with van der Waals surface area (Å²) in [6, 6.07) is 0.876. The van der Waals surface area contributed by atoms with Crippen LogP contribution in [0.5, 0.6) is 0 Å². The first-order chi connectivity index (χ1) is 8.50. The lowest BCUT2D eigenvalue weighted by Crippen LogP contribution is -2.43. The van der Waals surface area contributed by atoms with E-state index < -0.39 is 0 Å². The highest BCUT2D eigenvalue weighted by Crippen LogP contribution is 2.28. The molecule has 1 atom stereocenters. The smallest absolute Gasteiger partial charge is 0.0610 e. The van der Waals surface area contributed by atoms with Crippen LogP contribution in [0, 0.1) is 5.92 Å². The van der Waals surface area contributed by atoms with E-state index in [4.69, 9.17) is 0 Å². The molecular weight excluding hydrogens is 224 g/mol. The molecule has 0 bridgehead atoms. The van der Waals surface area contributed by atoms with Crippen molar-refractivity contribution in [3.63, 3.8) is 0 Å². The fraction of sp³-hybridized carbons (Fsp3) is 1.00. The molecule has 108 valence electrons. The number of unbranched alkanes of at least 4 members (excludes halogenated alkanes) is 1. The van der Waals surface area contributed by atoms with Gasteiger partial charge in [0.1, 0.15) is 0 Å². The minimum absolute atomic E-state index is 0.0948. The SMILES string of the molecule is CNC(C)(CO)CCCCN(CC(C)C)C1CC1. The maximum Gasteiger partial charge on any atom is 0.0610 e. The average molecular weight is 256 g/mol. The second-order valence-corrected chi connectivity index (χ2v) is 6.55. The van der Waals surface area contributed by atoms with Crippen LogP contribution < -0.4 is 5.32 Å². The first-order valence-corrected chi connectivity index (χ1v) is 7.54. The van der Waals surface area contributed by atoms with Crippen molar-refractivity contribution >= 4 is 0 Å². The van der Waals surface area contributed by atoms with Crippen LogP contribution in [0.2, 0.25) is 0 Å². The Balaban J connectivity index is 2.18. The molecule has 3 nitrogen and oxygen atoms in total. The van der Waals surface area contributed by atoms with Gasteiger partial charge < -0.3 is 15.3 Å². The Bertz CT molecular complexity index is 223. The van der Waals surface area contributed by atoms with Crippen molar-refractivity contribution in [2.24, 2.45) is 5.92 Å². The number of nitrogens with zero attached hydrogens (tertiary/aromatic N) is 1. The van der Waals surface area contributed by atoms with Gasteiger partial charge in [0.2, 0.25) is 0 Å². The number of hydrogen-bond acceptors (Lipinski definition) is 3. The van der Waals surface area contributed by atoms with Gasteiger partial charge in [-0.3, -0.25) is 0 Å². The van der Waals surface area contributed by atoms with E-state index in [0.29, 0.717) is 0 Å². The number of hydrogen-bond donors (Lipinski definition) is 2. The minimum Gasteiger partial charge on any atom is -0.394 e. The van der Waals surface area contributed by atoms with Gasteiger partial charge in [-0.1, -0.05) is 20.3 Å². The maximum absolute atomic E-state index is 9.34. The number of nitrogens with one attached hydrogen (secondary N) is 1. The fourth-order valence-corrected chi connectivity index (χ4v) is 2.44. The molecule has 1 fully saturated rings. The molecule has 0 amide bonds. The van der Waals surface area contributed by atoms with Gasteiger partial charge in [-0.25, -0.2) is 0 Å². The Morgan fingerprint density at radius 2 is 2.00 bits per heavy atom. The molecule has 0 radical (unpaired) electrons. The van der Waals surface area contributed by atoms with E-state index in [2.05, 4.69) is 31.0 Å². The van der Waals surface area contributed by atoms with Gasteiger partial charge in [0.25, 0.3) is 0 Å². The Morgan fingerprint density at radius 3 is 2.44 bits per heavy atom. The van der Waals surface area contributed by atoms with E-state index in [1.165, 1.54) is 38.8 Å². The van der Waals surface area contributed by atoms with E-state index in [9.17, 15) is 5.11 Å². The van der Waals surface area contributed by atoms with Crippen LogP contribution in [0.3, 0.4) is 0 Å². The van der Waals surface area contributed by atoms with Gasteiger partial charge in [-0.2, -0.15) is 0 Å². The summed E-state index contributed by atoms with van der Waals surface area (Å²) in [5, 5.41) is 12.6. The quantitative estimate of drug-likeness (QED) is 0.589. The molecule has 0 aromatic heterocycles. The summed E-state index contributed by atoms with van der Waals surface area (Å²) in [7, 11) is 1.94. The van der Waals surface area contributed by atoms with Crippen LogP contribution in [-0.4, -0.2) is 48.3 Å². The Morgan fingerprint density at radius 1 is 1.33 bits per heavy atom. The molecule has 1 unspecified atom stereocenters. The van der Waals surface area contributed by atoms with Crippen LogP contribution in [-0.2, 0) is 0 Å². The predicted octanol–water partition coefficient (Wildman–Crippen LogP) is 2.25. The third kappa shape index (κ3) is 5.68. The standard InChI is InChI=1S/C15H32N2O/c1-13(2)11-17(14-7-8-14)10-6-5-9-15(3,12-18)16-4/h13-14,16,18H,5-12H2,1-4H3. The van der Waals surface area contributed by atoms with Crippen molar-refractivity contribution in [1.82, 2.24) is 10.2 Å². The van der Waals surface area contributed by atoms with Gasteiger partial charge >= 0.3 is 0 Å². The summed E-state index contributed by atoms with van der Waals surface area (Å²) >= 11 is 0. The zero-order valence-electron chi connectivity index (χ0n) is 12.7. The number of aliphatic hydroxyl groups is 1. The van der Waals surface area contributed by atoms with Crippen molar-refractivity contribution in [1.29, 1.82) is 0 Å². The normalized spacial score (nSPS) is 19.5. The monoisotopic (exact) mass is 256 g/mol. The predicted molar refractivity (Wildman–Crippen MR) is 77.8 cm³/mol. The van der Waals surface area contributed by atoms with Crippen molar-refractivity contribution in [2.45, 2.75) is 64.5 Å². The highest BCUT2D eigenvalue weighted by atomic mass is 16.3. The van der Waals surface area contributed by atoms with Gasteiger partial charge in [0.15, 0.2) is 0 Å². The van der Waals surface area contributed by atoms with E-state index in [1.807, 2.05) is 7.05 Å². The lowest BCUT2D eigenvalue weighted by Gasteiger charge is -2.28. The van der Waals surface area contributed by atoms with Gasteiger partial charge in [0.05, 0.1) is 6.61 Å². The molecule has 2 N–H and O–H groups in total. The van der Waals surface area contributed by atoms with Crippen LogP contribution in [0.25, 0.3) is 0 Å². The first-order valence-electron chi connectivity index (χ1n) is 7.54. The summed E-state index contributed by atoms with van der Waals surface area (Å²) in [5.74, 6) is 0.769.